The first-order valence-corrected chi connectivity index (χ1v) is 9.98. The Balaban J connectivity index is 1.75. The number of carboxylic acid groups (broad SMARTS) is 1. The van der Waals surface area contributed by atoms with Gasteiger partial charge >= 0.3 is 11.9 Å². The second-order valence-electron chi connectivity index (χ2n) is 7.09. The van der Waals surface area contributed by atoms with Crippen LogP contribution in [0.3, 0.4) is 0 Å². The van der Waals surface area contributed by atoms with Crippen molar-refractivity contribution in [1.29, 1.82) is 0 Å². The maximum absolute atomic E-state index is 12.2. The van der Waals surface area contributed by atoms with Gasteiger partial charge in [0.05, 0.1) is 13.0 Å². The second kappa shape index (κ2) is 9.96. The molecule has 2 aromatic rings. The van der Waals surface area contributed by atoms with E-state index in [1.807, 2.05) is 30.3 Å². The Morgan fingerprint density at radius 2 is 1.93 bits per heavy atom. The highest BCUT2D eigenvalue weighted by Gasteiger charge is 2.29. The number of unbranched alkanes of at least 4 members (excludes halogenated alkanes) is 3. The molecule has 0 amide bonds. The van der Waals surface area contributed by atoms with Crippen LogP contribution in [-0.2, 0) is 9.59 Å². The van der Waals surface area contributed by atoms with Crippen LogP contribution in [0.15, 0.2) is 42.5 Å². The lowest BCUT2D eigenvalue weighted by molar-refractivity contribution is -0.139. The minimum Gasteiger partial charge on any atom is -0.494 e. The summed E-state index contributed by atoms with van der Waals surface area (Å²) in [5.41, 5.74) is 1.85. The first-order valence-electron chi connectivity index (χ1n) is 9.98. The molecule has 1 aliphatic rings. The number of carbonyl (C=O) groups excluding carboxylic acids is 1. The van der Waals surface area contributed by atoms with E-state index < -0.39 is 12.6 Å². The van der Waals surface area contributed by atoms with Gasteiger partial charge in [0.15, 0.2) is 6.61 Å². The van der Waals surface area contributed by atoms with E-state index in [4.69, 9.17) is 19.3 Å². The monoisotopic (exact) mass is 398 g/mol. The van der Waals surface area contributed by atoms with Crippen LogP contribution in [-0.4, -0.2) is 30.3 Å². The number of rotatable bonds is 10. The Hall–Kier alpha value is -3.02. The van der Waals surface area contributed by atoms with Crippen LogP contribution in [0.4, 0.5) is 0 Å². The lowest BCUT2D eigenvalue weighted by atomic mass is 9.86. The van der Waals surface area contributed by atoms with Gasteiger partial charge in [0.1, 0.15) is 17.2 Å². The number of benzene rings is 2. The first-order chi connectivity index (χ1) is 14.1. The Morgan fingerprint density at radius 1 is 1.10 bits per heavy atom. The molecular formula is C23H26O6. The minimum atomic E-state index is -1.07. The highest BCUT2D eigenvalue weighted by Crippen LogP contribution is 2.41. The van der Waals surface area contributed by atoms with Crippen molar-refractivity contribution in [3.63, 3.8) is 0 Å². The van der Waals surface area contributed by atoms with E-state index in [1.165, 1.54) is 12.8 Å². The molecule has 3 rings (SSSR count). The zero-order chi connectivity index (χ0) is 20.6. The van der Waals surface area contributed by atoms with Crippen molar-refractivity contribution in [3.05, 3.63) is 53.6 Å². The Kier molecular flexibility index (Phi) is 7.11. The predicted molar refractivity (Wildman–Crippen MR) is 108 cm³/mol. The van der Waals surface area contributed by atoms with E-state index in [0.717, 1.165) is 29.7 Å². The molecule has 1 aliphatic heterocycles. The fourth-order valence-electron chi connectivity index (χ4n) is 3.40. The summed E-state index contributed by atoms with van der Waals surface area (Å²) in [5, 5.41) is 8.75. The van der Waals surface area contributed by atoms with Gasteiger partial charge in [-0.15, -0.1) is 0 Å². The molecule has 1 atom stereocenters. The van der Waals surface area contributed by atoms with Crippen LogP contribution < -0.4 is 14.2 Å². The summed E-state index contributed by atoms with van der Waals surface area (Å²) in [6.45, 7) is 2.41. The van der Waals surface area contributed by atoms with Crippen LogP contribution in [0.2, 0.25) is 0 Å². The molecule has 0 fully saturated rings. The quantitative estimate of drug-likeness (QED) is 0.359. The van der Waals surface area contributed by atoms with E-state index in [9.17, 15) is 9.59 Å². The summed E-state index contributed by atoms with van der Waals surface area (Å²) >= 11 is 0. The largest absolute Gasteiger partial charge is 0.494 e. The number of carbonyl (C=O) groups is 2. The highest BCUT2D eigenvalue weighted by molar-refractivity contribution is 5.78. The molecule has 6 heteroatoms. The van der Waals surface area contributed by atoms with E-state index in [2.05, 4.69) is 6.92 Å². The summed E-state index contributed by atoms with van der Waals surface area (Å²) in [4.78, 5) is 22.8. The molecule has 2 aromatic carbocycles. The zero-order valence-electron chi connectivity index (χ0n) is 16.6. The fraction of sp³-hybridized carbons (Fsp3) is 0.391. The minimum absolute atomic E-state index is 0.150. The molecule has 0 aromatic heterocycles. The smallest absolute Gasteiger partial charge is 0.341 e. The zero-order valence-corrected chi connectivity index (χ0v) is 16.6. The molecule has 1 heterocycles. The third-order valence-electron chi connectivity index (χ3n) is 4.84. The van der Waals surface area contributed by atoms with Gasteiger partial charge < -0.3 is 19.3 Å². The van der Waals surface area contributed by atoms with E-state index in [1.54, 1.807) is 12.1 Å². The average Bonchev–Trinajstić information content (AvgIpc) is 2.71. The standard InChI is InChI=1S/C23H26O6/c1-2-3-4-5-11-27-17-8-6-7-16(12-17)20-14-23(26)29-21-13-18(9-10-19(20)21)28-15-22(24)25/h6-10,12-13,20H,2-5,11,14-15H2,1H3,(H,24,25). The predicted octanol–water partition coefficient (Wildman–Crippen LogP) is 4.55. The van der Waals surface area contributed by atoms with E-state index >= 15 is 0 Å². The van der Waals surface area contributed by atoms with Crippen molar-refractivity contribution in [2.45, 2.75) is 44.9 Å². The normalized spacial score (nSPS) is 15.3. The third kappa shape index (κ3) is 5.73. The van der Waals surface area contributed by atoms with Crippen LogP contribution in [0, 0.1) is 0 Å². The van der Waals surface area contributed by atoms with E-state index in [0.29, 0.717) is 18.1 Å². The van der Waals surface area contributed by atoms with Gasteiger partial charge in [0.25, 0.3) is 0 Å². The number of hydrogen-bond donors (Lipinski definition) is 1. The molecule has 0 saturated heterocycles. The fourth-order valence-corrected chi connectivity index (χ4v) is 3.40. The van der Waals surface area contributed by atoms with Crippen molar-refractivity contribution in [2.75, 3.05) is 13.2 Å². The molecule has 154 valence electrons. The summed E-state index contributed by atoms with van der Waals surface area (Å²) in [7, 11) is 0. The third-order valence-corrected chi connectivity index (χ3v) is 4.84. The Labute approximate surface area is 170 Å². The van der Waals surface area contributed by atoms with Crippen molar-refractivity contribution in [1.82, 2.24) is 0 Å². The molecule has 29 heavy (non-hydrogen) atoms. The number of esters is 1. The van der Waals surface area contributed by atoms with Crippen molar-refractivity contribution >= 4 is 11.9 Å². The average molecular weight is 398 g/mol. The van der Waals surface area contributed by atoms with Gasteiger partial charge in [-0.25, -0.2) is 4.79 Å². The van der Waals surface area contributed by atoms with Crippen LogP contribution in [0.25, 0.3) is 0 Å². The molecular weight excluding hydrogens is 372 g/mol. The molecule has 1 unspecified atom stereocenters. The topological polar surface area (TPSA) is 82.1 Å². The van der Waals surface area contributed by atoms with Gasteiger partial charge in [0, 0.05) is 17.5 Å². The van der Waals surface area contributed by atoms with Crippen molar-refractivity contribution in [2.24, 2.45) is 0 Å². The van der Waals surface area contributed by atoms with Gasteiger partial charge in [-0.1, -0.05) is 44.4 Å². The summed E-state index contributed by atoms with van der Waals surface area (Å²) < 4.78 is 16.4. The summed E-state index contributed by atoms with van der Waals surface area (Å²) in [6, 6.07) is 12.9. The number of ether oxygens (including phenoxy) is 3. The Bertz CT molecular complexity index is 860. The van der Waals surface area contributed by atoms with Crippen LogP contribution in [0.1, 0.15) is 56.1 Å². The first kappa shape index (κ1) is 20.7. The lowest BCUT2D eigenvalue weighted by Crippen LogP contribution is -2.21. The second-order valence-corrected chi connectivity index (χ2v) is 7.09. The van der Waals surface area contributed by atoms with Crippen LogP contribution >= 0.6 is 0 Å². The molecule has 0 saturated carbocycles. The molecule has 6 nitrogen and oxygen atoms in total. The molecule has 0 radical (unpaired) electrons. The van der Waals surface area contributed by atoms with Gasteiger partial charge in [-0.3, -0.25) is 4.79 Å². The molecule has 1 N–H and O–H groups in total. The van der Waals surface area contributed by atoms with E-state index in [-0.39, 0.29) is 18.3 Å². The maximum Gasteiger partial charge on any atom is 0.341 e. The van der Waals surface area contributed by atoms with Crippen LogP contribution in [0.5, 0.6) is 17.2 Å². The Morgan fingerprint density at radius 3 is 2.72 bits per heavy atom. The molecule has 0 aliphatic carbocycles. The van der Waals surface area contributed by atoms with Gasteiger partial charge in [-0.05, 0) is 30.2 Å². The molecule has 0 spiro atoms. The lowest BCUT2D eigenvalue weighted by Gasteiger charge is -2.25. The highest BCUT2D eigenvalue weighted by atomic mass is 16.5. The number of aliphatic carboxylic acids is 1. The molecule has 0 bridgehead atoms. The van der Waals surface area contributed by atoms with Gasteiger partial charge in [0.2, 0.25) is 0 Å². The van der Waals surface area contributed by atoms with Gasteiger partial charge in [-0.2, -0.15) is 0 Å². The summed E-state index contributed by atoms with van der Waals surface area (Å²) in [6.07, 6.45) is 4.82. The maximum atomic E-state index is 12.2. The van der Waals surface area contributed by atoms with Crippen molar-refractivity contribution in [3.8, 4) is 17.2 Å². The number of fused-ring (bicyclic) bond motifs is 1. The number of carboxylic acids is 1. The SMILES string of the molecule is CCCCCCOc1cccc(C2CC(=O)Oc3cc(OCC(=O)O)ccc32)c1. The van der Waals surface area contributed by atoms with Crippen molar-refractivity contribution < 1.29 is 28.9 Å². The number of hydrogen-bond acceptors (Lipinski definition) is 5. The summed E-state index contributed by atoms with van der Waals surface area (Å²) in [5.74, 6) is 0.000905.